The molecule has 0 N–H and O–H groups in total. The lowest BCUT2D eigenvalue weighted by Crippen LogP contribution is -2.29. The fourth-order valence-electron chi connectivity index (χ4n) is 6.06. The van der Waals surface area contributed by atoms with Crippen molar-refractivity contribution >= 4 is 64.2 Å². The number of hydrogen-bond acceptors (Lipinski definition) is 8. The zero-order valence-corrected chi connectivity index (χ0v) is 30.1. The molecule has 7 rings (SSSR count). The summed E-state index contributed by atoms with van der Waals surface area (Å²) in [6, 6.07) is 38.9. The summed E-state index contributed by atoms with van der Waals surface area (Å²) in [7, 11) is 0. The molecule has 0 bridgehead atoms. The Morgan fingerprint density at radius 1 is 0.455 bits per heavy atom. The second kappa shape index (κ2) is 15.7. The van der Waals surface area contributed by atoms with Gasteiger partial charge in [0.25, 0.3) is 11.8 Å². The number of hydrogen-bond donors (Lipinski definition) is 0. The summed E-state index contributed by atoms with van der Waals surface area (Å²) in [6.45, 7) is 0. The molecule has 270 valence electrons. The number of fused-ring (bicyclic) bond motifs is 1. The molecule has 11 heteroatoms. The van der Waals surface area contributed by atoms with Gasteiger partial charge in [-0.15, -0.1) is 0 Å². The van der Waals surface area contributed by atoms with Gasteiger partial charge in [-0.3, -0.25) is 19.2 Å². The van der Waals surface area contributed by atoms with Gasteiger partial charge in [0.2, 0.25) is 11.6 Å². The number of rotatable bonds is 11. The molecular weight excluding hydrogens is 741 g/mol. The van der Waals surface area contributed by atoms with Crippen LogP contribution in [0, 0.1) is 0 Å². The van der Waals surface area contributed by atoms with Crippen molar-refractivity contribution in [2.45, 2.75) is 12.2 Å². The highest BCUT2D eigenvalue weighted by Crippen LogP contribution is 2.32. The molecule has 9 nitrogen and oxygen atoms in total. The van der Waals surface area contributed by atoms with Gasteiger partial charge in [0.15, 0.2) is 12.2 Å². The number of benzene rings is 6. The van der Waals surface area contributed by atoms with Crippen LogP contribution in [0.1, 0.15) is 85.5 Å². The lowest BCUT2D eigenvalue weighted by atomic mass is 9.99. The van der Waals surface area contributed by atoms with Gasteiger partial charge >= 0.3 is 11.9 Å². The van der Waals surface area contributed by atoms with Crippen LogP contribution < -0.4 is 4.90 Å². The Morgan fingerprint density at radius 2 is 0.891 bits per heavy atom. The number of nitrogens with zero attached hydrogens (tertiary/aromatic N) is 1. The molecule has 0 radical (unpaired) electrons. The van der Waals surface area contributed by atoms with Crippen LogP contribution in [0.4, 0.5) is 5.69 Å². The first-order chi connectivity index (χ1) is 26.6. The molecule has 1 aliphatic rings. The molecule has 2 amide bonds. The maximum Gasteiger partial charge on any atom is 0.339 e. The van der Waals surface area contributed by atoms with Crippen LogP contribution in [0.2, 0.25) is 10.0 Å². The van der Waals surface area contributed by atoms with Crippen molar-refractivity contribution in [1.82, 2.24) is 0 Å². The van der Waals surface area contributed by atoms with E-state index in [9.17, 15) is 28.8 Å². The van der Waals surface area contributed by atoms with Crippen molar-refractivity contribution in [2.75, 3.05) is 4.90 Å². The van der Waals surface area contributed by atoms with Gasteiger partial charge in [-0.1, -0.05) is 89.9 Å². The van der Waals surface area contributed by atoms with Crippen LogP contribution in [0.5, 0.6) is 0 Å². The van der Waals surface area contributed by atoms with E-state index < -0.39 is 47.5 Å². The molecule has 6 aromatic carbocycles. The van der Waals surface area contributed by atoms with E-state index in [0.29, 0.717) is 21.2 Å². The van der Waals surface area contributed by atoms with E-state index in [1.165, 1.54) is 66.7 Å². The Balaban J connectivity index is 1.12. The summed E-state index contributed by atoms with van der Waals surface area (Å²) < 4.78 is 11.5. The van der Waals surface area contributed by atoms with Gasteiger partial charge in [0.1, 0.15) is 0 Å². The first-order valence-corrected chi connectivity index (χ1v) is 17.6. The van der Waals surface area contributed by atoms with Gasteiger partial charge in [0.05, 0.1) is 27.9 Å². The number of carbonyl (C=O) groups is 6. The highest BCUT2D eigenvalue weighted by atomic mass is 35.5. The Morgan fingerprint density at radius 3 is 1.38 bits per heavy atom. The smallest absolute Gasteiger partial charge is 0.339 e. The third-order valence-electron chi connectivity index (χ3n) is 8.85. The fourth-order valence-corrected chi connectivity index (χ4v) is 6.31. The van der Waals surface area contributed by atoms with E-state index in [2.05, 4.69) is 0 Å². The van der Waals surface area contributed by atoms with Crippen molar-refractivity contribution in [3.63, 3.8) is 0 Å². The van der Waals surface area contributed by atoms with Gasteiger partial charge in [0, 0.05) is 32.3 Å². The Bertz CT molecular complexity index is 2470. The predicted molar refractivity (Wildman–Crippen MR) is 205 cm³/mol. The van der Waals surface area contributed by atoms with E-state index >= 15 is 0 Å². The average Bonchev–Trinajstić information content (AvgIpc) is 3.47. The monoisotopic (exact) mass is 767 g/mol. The van der Waals surface area contributed by atoms with Gasteiger partial charge in [-0.05, 0) is 84.9 Å². The third-order valence-corrected chi connectivity index (χ3v) is 9.35. The number of ether oxygens (including phenoxy) is 2. The Labute approximate surface area is 324 Å². The molecule has 0 unspecified atom stereocenters. The van der Waals surface area contributed by atoms with Crippen molar-refractivity contribution in [1.29, 1.82) is 0 Å². The lowest BCUT2D eigenvalue weighted by molar-refractivity contribution is 0.0278. The maximum absolute atomic E-state index is 13.8. The number of esters is 2. The second-order valence-corrected chi connectivity index (χ2v) is 13.3. The summed E-state index contributed by atoms with van der Waals surface area (Å²) >= 11 is 12.0. The van der Waals surface area contributed by atoms with Crippen LogP contribution in [0.25, 0.3) is 0 Å². The molecule has 1 heterocycles. The topological polar surface area (TPSA) is 124 Å². The van der Waals surface area contributed by atoms with Crippen LogP contribution in [-0.4, -0.2) is 35.3 Å². The zero-order valence-electron chi connectivity index (χ0n) is 28.6. The molecule has 55 heavy (non-hydrogen) atoms. The zero-order chi connectivity index (χ0) is 38.6. The summed E-state index contributed by atoms with van der Waals surface area (Å²) in [6.07, 6.45) is -2.62. The SMILES string of the molecule is O=C(O[C@H](C(=O)c1ccc(Cl)cc1)c1ccccc1)c1cccc(N2C(=O)c3ccc(C(=O)O[C@H](C(=O)c4ccc(Cl)cc4)c4ccccc4)cc3C2=O)c1. The summed E-state index contributed by atoms with van der Waals surface area (Å²) in [5.41, 5.74) is 1.31. The standard InChI is InChI=1S/C44H27Cl2NO8/c45-32-19-14-26(15-20-32)37(48)39(28-8-3-1-4-9-28)54-43(52)30-12-7-13-34(24-30)47-41(50)35-23-18-31(25-36(35)42(47)51)44(53)55-40(29-10-5-2-6-11-29)38(49)27-16-21-33(46)22-17-27/h1-25,39-40H/t39-,40-/m0/s1. The largest absolute Gasteiger partial charge is 0.445 e. The summed E-state index contributed by atoms with van der Waals surface area (Å²) in [5, 5.41) is 0.866. The molecule has 0 aliphatic carbocycles. The van der Waals surface area contributed by atoms with E-state index in [1.54, 1.807) is 84.9 Å². The molecule has 0 saturated carbocycles. The number of ketones is 2. The third kappa shape index (κ3) is 7.70. The minimum absolute atomic E-state index is 0.0177. The van der Waals surface area contributed by atoms with Gasteiger partial charge in [-0.2, -0.15) is 0 Å². The van der Waals surface area contributed by atoms with Gasteiger partial charge in [-0.25, -0.2) is 14.5 Å². The normalized spacial score (nSPS) is 13.1. The number of amides is 2. The lowest BCUT2D eigenvalue weighted by Gasteiger charge is -2.19. The highest BCUT2D eigenvalue weighted by molar-refractivity contribution is 6.35. The number of carbonyl (C=O) groups excluding carboxylic acids is 6. The fraction of sp³-hybridized carbons (Fsp3) is 0.0455. The molecular formula is C44H27Cl2NO8. The average molecular weight is 769 g/mol. The molecule has 0 aromatic heterocycles. The van der Waals surface area contributed by atoms with E-state index in [4.69, 9.17) is 32.7 Å². The maximum atomic E-state index is 13.8. The molecule has 1 aliphatic heterocycles. The van der Waals surface area contributed by atoms with E-state index in [0.717, 1.165) is 4.90 Å². The predicted octanol–water partition coefficient (Wildman–Crippen LogP) is 9.36. The van der Waals surface area contributed by atoms with Crippen LogP contribution >= 0.6 is 23.2 Å². The minimum Gasteiger partial charge on any atom is -0.445 e. The number of halogens is 2. The van der Waals surface area contributed by atoms with Crippen molar-refractivity contribution in [3.05, 3.63) is 206 Å². The highest BCUT2D eigenvalue weighted by Gasteiger charge is 2.38. The molecule has 0 saturated heterocycles. The van der Waals surface area contributed by atoms with E-state index in [-0.39, 0.29) is 39.1 Å². The van der Waals surface area contributed by atoms with Crippen molar-refractivity contribution < 1.29 is 38.2 Å². The second-order valence-electron chi connectivity index (χ2n) is 12.4. The number of Topliss-reactive ketones (excluding diaryl/α,β-unsaturated/α-hetero) is 2. The van der Waals surface area contributed by atoms with Crippen LogP contribution in [-0.2, 0) is 9.47 Å². The Hall–Kier alpha value is -6.68. The quantitative estimate of drug-likeness (QED) is 0.0726. The first-order valence-electron chi connectivity index (χ1n) is 16.8. The summed E-state index contributed by atoms with van der Waals surface area (Å²) in [5.74, 6) is -4.18. The van der Waals surface area contributed by atoms with Gasteiger partial charge < -0.3 is 9.47 Å². The van der Waals surface area contributed by atoms with E-state index in [1.807, 2.05) is 0 Å². The molecule has 2 atom stereocenters. The summed E-state index contributed by atoms with van der Waals surface area (Å²) in [4.78, 5) is 82.5. The first kappa shape index (κ1) is 36.7. The number of imide groups is 1. The molecule has 0 fully saturated rings. The van der Waals surface area contributed by atoms with Crippen LogP contribution in [0.15, 0.2) is 152 Å². The molecule has 6 aromatic rings. The van der Waals surface area contributed by atoms with Crippen molar-refractivity contribution in [3.8, 4) is 0 Å². The molecule has 0 spiro atoms. The number of anilines is 1. The van der Waals surface area contributed by atoms with Crippen LogP contribution in [0.3, 0.4) is 0 Å². The minimum atomic E-state index is -1.32. The van der Waals surface area contributed by atoms with Crippen molar-refractivity contribution in [2.24, 2.45) is 0 Å². The Kier molecular flexibility index (Phi) is 10.5.